The standard InChI is InChI=1S/C16H21FN4O/c1-16(2,9-18)10-21(3)15(22)14-8-13(19-20-14)11-4-6-12(17)7-5-11/h4-8H,9-10,18H2,1-3H3,(H,19,20). The van der Waals surface area contributed by atoms with Crippen LogP contribution < -0.4 is 5.73 Å². The smallest absolute Gasteiger partial charge is 0.271 e. The van der Waals surface area contributed by atoms with E-state index in [1.54, 1.807) is 30.1 Å². The number of H-pyrrole nitrogens is 1. The van der Waals surface area contributed by atoms with Crippen molar-refractivity contribution in [3.05, 3.63) is 41.8 Å². The predicted octanol–water partition coefficient (Wildman–Crippen LogP) is 2.27. The Bertz CT molecular complexity index is 648. The number of hydrogen-bond donors (Lipinski definition) is 2. The maximum atomic E-state index is 12.9. The van der Waals surface area contributed by atoms with Crippen LogP contribution in [0.1, 0.15) is 24.3 Å². The third-order valence-corrected chi connectivity index (χ3v) is 3.51. The fourth-order valence-corrected chi connectivity index (χ4v) is 2.18. The van der Waals surface area contributed by atoms with E-state index in [-0.39, 0.29) is 17.1 Å². The lowest BCUT2D eigenvalue weighted by molar-refractivity contribution is 0.0734. The molecule has 118 valence electrons. The summed E-state index contributed by atoms with van der Waals surface area (Å²) in [5.74, 6) is -0.457. The SMILES string of the molecule is CN(CC(C)(C)CN)C(=O)c1cc(-c2ccc(F)cc2)n[nH]1. The second-order valence-corrected chi connectivity index (χ2v) is 6.20. The topological polar surface area (TPSA) is 75.0 Å². The molecule has 22 heavy (non-hydrogen) atoms. The molecular formula is C16H21FN4O. The monoisotopic (exact) mass is 304 g/mol. The highest BCUT2D eigenvalue weighted by atomic mass is 19.1. The summed E-state index contributed by atoms with van der Waals surface area (Å²) in [5.41, 5.74) is 7.30. The number of aromatic amines is 1. The van der Waals surface area contributed by atoms with Crippen molar-refractivity contribution in [1.82, 2.24) is 15.1 Å². The fourth-order valence-electron chi connectivity index (χ4n) is 2.18. The van der Waals surface area contributed by atoms with Gasteiger partial charge in [-0.05, 0) is 42.3 Å². The molecule has 1 amide bonds. The molecular weight excluding hydrogens is 283 g/mol. The van der Waals surface area contributed by atoms with Crippen LogP contribution in [-0.4, -0.2) is 41.1 Å². The van der Waals surface area contributed by atoms with Gasteiger partial charge in [-0.3, -0.25) is 9.89 Å². The number of nitrogens with two attached hydrogens (primary N) is 1. The van der Waals surface area contributed by atoms with Gasteiger partial charge in [0.15, 0.2) is 0 Å². The Balaban J connectivity index is 2.13. The molecule has 1 heterocycles. The highest BCUT2D eigenvalue weighted by Gasteiger charge is 2.23. The van der Waals surface area contributed by atoms with E-state index in [0.29, 0.717) is 24.5 Å². The largest absolute Gasteiger partial charge is 0.340 e. The molecule has 0 saturated carbocycles. The van der Waals surface area contributed by atoms with Crippen molar-refractivity contribution in [2.45, 2.75) is 13.8 Å². The average Bonchev–Trinajstić information content (AvgIpc) is 2.96. The van der Waals surface area contributed by atoms with E-state index >= 15 is 0 Å². The number of halogens is 1. The fraction of sp³-hybridized carbons (Fsp3) is 0.375. The first-order chi connectivity index (χ1) is 10.3. The maximum Gasteiger partial charge on any atom is 0.271 e. The summed E-state index contributed by atoms with van der Waals surface area (Å²) < 4.78 is 12.9. The van der Waals surface area contributed by atoms with Crippen molar-refractivity contribution in [3.63, 3.8) is 0 Å². The minimum atomic E-state index is -0.306. The van der Waals surface area contributed by atoms with Crippen LogP contribution >= 0.6 is 0 Å². The number of hydrogen-bond acceptors (Lipinski definition) is 3. The van der Waals surface area contributed by atoms with Gasteiger partial charge in [-0.15, -0.1) is 0 Å². The lowest BCUT2D eigenvalue weighted by Gasteiger charge is -2.28. The second kappa shape index (κ2) is 6.27. The zero-order valence-electron chi connectivity index (χ0n) is 13.1. The Hall–Kier alpha value is -2.21. The number of carbonyl (C=O) groups is 1. The summed E-state index contributed by atoms with van der Waals surface area (Å²) in [6.07, 6.45) is 0. The number of rotatable bonds is 5. The first-order valence-electron chi connectivity index (χ1n) is 7.09. The summed E-state index contributed by atoms with van der Waals surface area (Å²) >= 11 is 0. The van der Waals surface area contributed by atoms with Gasteiger partial charge < -0.3 is 10.6 Å². The summed E-state index contributed by atoms with van der Waals surface area (Å²) in [7, 11) is 1.73. The molecule has 2 rings (SSSR count). The highest BCUT2D eigenvalue weighted by Crippen LogP contribution is 2.20. The first kappa shape index (κ1) is 16.2. The van der Waals surface area contributed by atoms with E-state index in [2.05, 4.69) is 10.2 Å². The predicted molar refractivity (Wildman–Crippen MR) is 83.8 cm³/mol. The van der Waals surface area contributed by atoms with Crippen molar-refractivity contribution in [2.75, 3.05) is 20.1 Å². The van der Waals surface area contributed by atoms with Crippen molar-refractivity contribution in [3.8, 4) is 11.3 Å². The van der Waals surface area contributed by atoms with Gasteiger partial charge >= 0.3 is 0 Å². The van der Waals surface area contributed by atoms with E-state index in [1.807, 2.05) is 13.8 Å². The molecule has 0 aliphatic heterocycles. The van der Waals surface area contributed by atoms with Crippen LogP contribution in [-0.2, 0) is 0 Å². The van der Waals surface area contributed by atoms with Gasteiger partial charge in [-0.1, -0.05) is 13.8 Å². The molecule has 0 radical (unpaired) electrons. The molecule has 0 fully saturated rings. The lowest BCUT2D eigenvalue weighted by atomic mass is 9.93. The molecule has 0 bridgehead atoms. The Labute approximate surface area is 129 Å². The van der Waals surface area contributed by atoms with Gasteiger partial charge in [0.2, 0.25) is 0 Å². The molecule has 0 saturated heterocycles. The second-order valence-electron chi connectivity index (χ2n) is 6.20. The zero-order valence-corrected chi connectivity index (χ0v) is 13.1. The number of amides is 1. The highest BCUT2D eigenvalue weighted by molar-refractivity contribution is 5.93. The van der Waals surface area contributed by atoms with E-state index in [0.717, 1.165) is 5.56 Å². The molecule has 0 unspecified atom stereocenters. The lowest BCUT2D eigenvalue weighted by Crippen LogP contribution is -2.39. The van der Waals surface area contributed by atoms with E-state index in [1.165, 1.54) is 12.1 Å². The van der Waals surface area contributed by atoms with Gasteiger partial charge in [-0.2, -0.15) is 5.10 Å². The number of benzene rings is 1. The molecule has 3 N–H and O–H groups in total. The van der Waals surface area contributed by atoms with Crippen molar-refractivity contribution in [2.24, 2.45) is 11.1 Å². The zero-order chi connectivity index (χ0) is 16.3. The van der Waals surface area contributed by atoms with Crippen molar-refractivity contribution in [1.29, 1.82) is 0 Å². The van der Waals surface area contributed by atoms with Gasteiger partial charge in [-0.25, -0.2) is 4.39 Å². The third-order valence-electron chi connectivity index (χ3n) is 3.51. The van der Waals surface area contributed by atoms with E-state index < -0.39 is 0 Å². The van der Waals surface area contributed by atoms with Gasteiger partial charge in [0.05, 0.1) is 5.69 Å². The Kier molecular flexibility index (Phi) is 4.61. The summed E-state index contributed by atoms with van der Waals surface area (Å²) in [6.45, 7) is 5.06. The van der Waals surface area contributed by atoms with Crippen LogP contribution in [0.4, 0.5) is 4.39 Å². The molecule has 0 atom stereocenters. The first-order valence-corrected chi connectivity index (χ1v) is 7.09. The quantitative estimate of drug-likeness (QED) is 0.890. The Morgan fingerprint density at radius 3 is 2.59 bits per heavy atom. The normalized spacial score (nSPS) is 11.5. The van der Waals surface area contributed by atoms with Crippen LogP contribution in [0.3, 0.4) is 0 Å². The molecule has 1 aromatic carbocycles. The molecule has 0 aliphatic carbocycles. The minimum absolute atomic E-state index is 0.149. The van der Waals surface area contributed by atoms with E-state index in [9.17, 15) is 9.18 Å². The molecule has 0 aliphatic rings. The number of carbonyl (C=O) groups excluding carboxylic acids is 1. The van der Waals surface area contributed by atoms with Gasteiger partial charge in [0, 0.05) is 19.2 Å². The average molecular weight is 304 g/mol. The maximum absolute atomic E-state index is 12.9. The van der Waals surface area contributed by atoms with Crippen LogP contribution in [0.5, 0.6) is 0 Å². The van der Waals surface area contributed by atoms with Crippen LogP contribution in [0.15, 0.2) is 30.3 Å². The Morgan fingerprint density at radius 1 is 1.36 bits per heavy atom. The van der Waals surface area contributed by atoms with E-state index in [4.69, 9.17) is 5.73 Å². The molecule has 1 aromatic heterocycles. The van der Waals surface area contributed by atoms with Crippen molar-refractivity contribution >= 4 is 5.91 Å². The van der Waals surface area contributed by atoms with Crippen LogP contribution in [0.2, 0.25) is 0 Å². The Morgan fingerprint density at radius 2 is 2.00 bits per heavy atom. The molecule has 2 aromatic rings. The summed E-state index contributed by atoms with van der Waals surface area (Å²) in [5, 5.41) is 6.85. The molecule has 5 nitrogen and oxygen atoms in total. The molecule has 0 spiro atoms. The molecule has 6 heteroatoms. The summed E-state index contributed by atoms with van der Waals surface area (Å²) in [6, 6.07) is 7.65. The summed E-state index contributed by atoms with van der Waals surface area (Å²) in [4.78, 5) is 14.0. The van der Waals surface area contributed by atoms with Crippen LogP contribution in [0.25, 0.3) is 11.3 Å². The number of aromatic nitrogens is 2. The third kappa shape index (κ3) is 3.71. The minimum Gasteiger partial charge on any atom is -0.340 e. The number of nitrogens with one attached hydrogen (secondary N) is 1. The van der Waals surface area contributed by atoms with Crippen molar-refractivity contribution < 1.29 is 9.18 Å². The van der Waals surface area contributed by atoms with Gasteiger partial charge in [0.25, 0.3) is 5.91 Å². The van der Waals surface area contributed by atoms with Gasteiger partial charge in [0.1, 0.15) is 11.5 Å². The van der Waals surface area contributed by atoms with Crippen LogP contribution in [0, 0.1) is 11.2 Å². The number of nitrogens with zero attached hydrogens (tertiary/aromatic N) is 2.